The van der Waals surface area contributed by atoms with E-state index in [9.17, 15) is 9.59 Å². The van der Waals surface area contributed by atoms with Crippen LogP contribution in [-0.2, 0) is 14.3 Å². The van der Waals surface area contributed by atoms with E-state index in [2.05, 4.69) is 10.2 Å². The molecule has 3 N–H and O–H groups in total. The molecule has 2 atom stereocenters. The number of likely N-dealkylation sites (tertiary alicyclic amines) is 1. The van der Waals surface area contributed by atoms with Gasteiger partial charge in [-0.25, -0.2) is 0 Å². The molecule has 0 radical (unpaired) electrons. The summed E-state index contributed by atoms with van der Waals surface area (Å²) >= 11 is 0. The van der Waals surface area contributed by atoms with E-state index in [-0.39, 0.29) is 23.8 Å². The number of nitrogens with one attached hydrogen (secondary N) is 1. The van der Waals surface area contributed by atoms with Crippen LogP contribution >= 0.6 is 0 Å². The van der Waals surface area contributed by atoms with Crippen LogP contribution in [0, 0.1) is 5.92 Å². The molecule has 2 saturated heterocycles. The van der Waals surface area contributed by atoms with Gasteiger partial charge in [0, 0.05) is 26.1 Å². The molecular weight excluding hydrogens is 234 g/mol. The van der Waals surface area contributed by atoms with E-state index in [0.29, 0.717) is 26.2 Å². The number of cyclic esters (lactones) is 1. The number of nitrogens with zero attached hydrogens (tertiary/aromatic N) is 1. The lowest BCUT2D eigenvalue weighted by atomic mass is 9.95. The van der Waals surface area contributed by atoms with E-state index in [1.807, 2.05) is 0 Å². The van der Waals surface area contributed by atoms with Crippen molar-refractivity contribution in [1.29, 1.82) is 0 Å². The van der Waals surface area contributed by atoms with Crippen molar-refractivity contribution in [2.24, 2.45) is 11.7 Å². The smallest absolute Gasteiger partial charge is 0.323 e. The fourth-order valence-electron chi connectivity index (χ4n) is 2.66. The Morgan fingerprint density at radius 3 is 3.00 bits per heavy atom. The van der Waals surface area contributed by atoms with Crippen molar-refractivity contribution in [3.05, 3.63) is 0 Å². The largest absolute Gasteiger partial charge is 0.464 e. The molecule has 0 aromatic carbocycles. The Kier molecular flexibility index (Phi) is 4.54. The molecule has 0 bridgehead atoms. The van der Waals surface area contributed by atoms with Crippen molar-refractivity contribution in [2.75, 3.05) is 32.8 Å². The van der Waals surface area contributed by atoms with Crippen LogP contribution < -0.4 is 11.1 Å². The van der Waals surface area contributed by atoms with Crippen LogP contribution in [0.2, 0.25) is 0 Å². The SMILES string of the molecule is NCCNC(=O)C1CCCN(C2CCOC2=O)C1. The molecule has 0 spiro atoms. The van der Waals surface area contributed by atoms with Crippen LogP contribution in [0.3, 0.4) is 0 Å². The predicted molar refractivity (Wildman–Crippen MR) is 65.7 cm³/mol. The van der Waals surface area contributed by atoms with Crippen LogP contribution in [0.5, 0.6) is 0 Å². The van der Waals surface area contributed by atoms with Crippen LogP contribution in [0.15, 0.2) is 0 Å². The number of amides is 1. The highest BCUT2D eigenvalue weighted by atomic mass is 16.5. The molecule has 6 nitrogen and oxygen atoms in total. The maximum atomic E-state index is 11.9. The second-order valence-electron chi connectivity index (χ2n) is 4.89. The van der Waals surface area contributed by atoms with Crippen molar-refractivity contribution in [1.82, 2.24) is 10.2 Å². The number of ether oxygens (including phenoxy) is 1. The summed E-state index contributed by atoms with van der Waals surface area (Å²) in [5, 5.41) is 2.82. The average Bonchev–Trinajstić information content (AvgIpc) is 2.82. The number of hydrogen-bond donors (Lipinski definition) is 2. The van der Waals surface area contributed by atoms with Crippen molar-refractivity contribution >= 4 is 11.9 Å². The third kappa shape index (κ3) is 3.00. The van der Waals surface area contributed by atoms with Crippen LogP contribution in [0.4, 0.5) is 0 Å². The summed E-state index contributed by atoms with van der Waals surface area (Å²) in [4.78, 5) is 25.5. The van der Waals surface area contributed by atoms with Gasteiger partial charge in [-0.1, -0.05) is 0 Å². The zero-order chi connectivity index (χ0) is 13.0. The summed E-state index contributed by atoms with van der Waals surface area (Å²) in [6.45, 7) is 3.00. The molecule has 0 aromatic rings. The van der Waals surface area contributed by atoms with Crippen molar-refractivity contribution < 1.29 is 14.3 Å². The topological polar surface area (TPSA) is 84.7 Å². The number of piperidine rings is 1. The molecule has 2 rings (SSSR count). The minimum absolute atomic E-state index is 0.0290. The highest BCUT2D eigenvalue weighted by Crippen LogP contribution is 2.22. The van der Waals surface area contributed by atoms with Gasteiger partial charge in [-0.15, -0.1) is 0 Å². The molecule has 2 unspecified atom stereocenters. The average molecular weight is 255 g/mol. The van der Waals surface area contributed by atoms with Crippen LogP contribution in [0.1, 0.15) is 19.3 Å². The summed E-state index contributed by atoms with van der Waals surface area (Å²) in [6.07, 6.45) is 2.58. The van der Waals surface area contributed by atoms with Gasteiger partial charge in [-0.2, -0.15) is 0 Å². The van der Waals surface area contributed by atoms with Crippen molar-refractivity contribution in [3.8, 4) is 0 Å². The lowest BCUT2D eigenvalue weighted by Gasteiger charge is -2.34. The first kappa shape index (κ1) is 13.3. The summed E-state index contributed by atoms with van der Waals surface area (Å²) in [5.41, 5.74) is 5.37. The van der Waals surface area contributed by atoms with Crippen molar-refractivity contribution in [2.45, 2.75) is 25.3 Å². The maximum Gasteiger partial charge on any atom is 0.323 e. The van der Waals surface area contributed by atoms with E-state index in [1.54, 1.807) is 0 Å². The Morgan fingerprint density at radius 2 is 2.33 bits per heavy atom. The third-order valence-corrected chi connectivity index (χ3v) is 3.62. The summed E-state index contributed by atoms with van der Waals surface area (Å²) in [7, 11) is 0. The first-order chi connectivity index (χ1) is 8.72. The van der Waals surface area contributed by atoms with Gasteiger partial charge < -0.3 is 15.8 Å². The van der Waals surface area contributed by atoms with Gasteiger partial charge in [0.15, 0.2) is 0 Å². The van der Waals surface area contributed by atoms with Gasteiger partial charge in [-0.3, -0.25) is 14.5 Å². The number of carbonyl (C=O) groups is 2. The van der Waals surface area contributed by atoms with Gasteiger partial charge >= 0.3 is 5.97 Å². The Morgan fingerprint density at radius 1 is 1.50 bits per heavy atom. The van der Waals surface area contributed by atoms with E-state index >= 15 is 0 Å². The van der Waals surface area contributed by atoms with E-state index < -0.39 is 0 Å². The van der Waals surface area contributed by atoms with Crippen molar-refractivity contribution in [3.63, 3.8) is 0 Å². The second-order valence-corrected chi connectivity index (χ2v) is 4.89. The standard InChI is InChI=1S/C12H21N3O3/c13-4-5-14-11(16)9-2-1-6-15(8-9)10-3-7-18-12(10)17/h9-10H,1-8,13H2,(H,14,16). The Labute approximate surface area is 107 Å². The number of esters is 1. The molecule has 2 fully saturated rings. The molecule has 2 aliphatic rings. The normalized spacial score (nSPS) is 29.1. The first-order valence-corrected chi connectivity index (χ1v) is 6.61. The summed E-state index contributed by atoms with van der Waals surface area (Å²) < 4.78 is 4.98. The summed E-state index contributed by atoms with van der Waals surface area (Å²) in [6, 6.07) is -0.143. The molecule has 18 heavy (non-hydrogen) atoms. The second kappa shape index (κ2) is 6.15. The quantitative estimate of drug-likeness (QED) is 0.635. The Bertz CT molecular complexity index is 322. The fourth-order valence-corrected chi connectivity index (χ4v) is 2.66. The zero-order valence-electron chi connectivity index (χ0n) is 10.6. The Balaban J connectivity index is 1.87. The molecular formula is C12H21N3O3. The predicted octanol–water partition coefficient (Wildman–Crippen LogP) is -0.911. The molecule has 2 aliphatic heterocycles. The molecule has 1 amide bonds. The highest BCUT2D eigenvalue weighted by Gasteiger charge is 2.36. The van der Waals surface area contributed by atoms with Gasteiger partial charge in [0.05, 0.1) is 12.5 Å². The highest BCUT2D eigenvalue weighted by molar-refractivity contribution is 5.80. The lowest BCUT2D eigenvalue weighted by Crippen LogP contribution is -2.49. The molecule has 102 valence electrons. The number of rotatable bonds is 4. The van der Waals surface area contributed by atoms with Crippen LogP contribution in [0.25, 0.3) is 0 Å². The molecule has 0 saturated carbocycles. The van der Waals surface area contributed by atoms with Gasteiger partial charge in [0.2, 0.25) is 5.91 Å². The molecule has 6 heteroatoms. The van der Waals surface area contributed by atoms with E-state index in [1.165, 1.54) is 0 Å². The number of hydrogen-bond acceptors (Lipinski definition) is 5. The maximum absolute atomic E-state index is 11.9. The van der Waals surface area contributed by atoms with Crippen LogP contribution in [-0.4, -0.2) is 55.6 Å². The summed E-state index contributed by atoms with van der Waals surface area (Å²) in [5.74, 6) is -0.117. The Hall–Kier alpha value is -1.14. The monoisotopic (exact) mass is 255 g/mol. The minimum Gasteiger partial charge on any atom is -0.464 e. The van der Waals surface area contributed by atoms with E-state index in [4.69, 9.17) is 10.5 Å². The van der Waals surface area contributed by atoms with Gasteiger partial charge in [0.1, 0.15) is 6.04 Å². The third-order valence-electron chi connectivity index (χ3n) is 3.62. The van der Waals surface area contributed by atoms with E-state index in [0.717, 1.165) is 25.8 Å². The van der Waals surface area contributed by atoms with Gasteiger partial charge in [-0.05, 0) is 19.4 Å². The lowest BCUT2D eigenvalue weighted by molar-refractivity contribution is -0.143. The minimum atomic E-state index is -0.143. The number of nitrogens with two attached hydrogens (primary N) is 1. The number of carbonyl (C=O) groups excluding carboxylic acids is 2. The first-order valence-electron chi connectivity index (χ1n) is 6.61. The van der Waals surface area contributed by atoms with Gasteiger partial charge in [0.25, 0.3) is 0 Å². The molecule has 0 aliphatic carbocycles. The molecule has 2 heterocycles. The fraction of sp³-hybridized carbons (Fsp3) is 0.833. The zero-order valence-corrected chi connectivity index (χ0v) is 10.6. The molecule has 0 aromatic heterocycles.